The lowest BCUT2D eigenvalue weighted by molar-refractivity contribution is 0.827. The Hall–Kier alpha value is 1.08. The predicted octanol–water partition coefficient (Wildman–Crippen LogP) is 12.0. The summed E-state index contributed by atoms with van der Waals surface area (Å²) in [4.78, 5) is 0. The topological polar surface area (TPSA) is 0 Å². The molecule has 0 aliphatic heterocycles. The van der Waals surface area contributed by atoms with E-state index in [4.69, 9.17) is 0 Å². The molecule has 4 heteroatoms. The number of hydrogen-bond donors (Lipinski definition) is 0. The zero-order valence-corrected chi connectivity index (χ0v) is 29.0. The molecule has 188 valence electrons. The van der Waals surface area contributed by atoms with Crippen LogP contribution >= 0.6 is 6.57 Å². The third-order valence-corrected chi connectivity index (χ3v) is 70.3. The third kappa shape index (κ3) is 4.92. The zero-order valence-electron chi connectivity index (χ0n) is 25.1. The van der Waals surface area contributed by atoms with Gasteiger partial charge in [0.05, 0.1) is 23.2 Å². The normalized spacial score (nSPS) is 15.1. The highest BCUT2D eigenvalue weighted by Crippen LogP contribution is 2.82. The summed E-state index contributed by atoms with van der Waals surface area (Å²) in [5.74, 6) is 0. The van der Waals surface area contributed by atoms with Crippen molar-refractivity contribution in [3.8, 4) is 0 Å². The van der Waals surface area contributed by atoms with E-state index in [2.05, 4.69) is 125 Å². The summed E-state index contributed by atoms with van der Waals surface area (Å²) in [6, 6.07) is 0. The number of hydrogen-bond acceptors (Lipinski definition) is 0. The molecule has 0 saturated carbocycles. The maximum Gasteiger partial charge on any atom is 0.0810 e. The molecular formula is C27H63PSi3. The quantitative estimate of drug-likeness (QED) is 0.184. The van der Waals surface area contributed by atoms with Crippen LogP contribution < -0.4 is 0 Å². The molecule has 0 aromatic rings. The first kappa shape index (κ1) is 32.1. The molecule has 0 atom stereocenters. The molecule has 0 radical (unpaired) electrons. The summed E-state index contributed by atoms with van der Waals surface area (Å²) >= 11 is 0. The third-order valence-electron chi connectivity index (χ3n) is 9.49. The summed E-state index contributed by atoms with van der Waals surface area (Å²) in [7, 11) is -4.85. The van der Waals surface area contributed by atoms with Gasteiger partial charge in [0.1, 0.15) is 0 Å². The van der Waals surface area contributed by atoms with Crippen LogP contribution in [-0.2, 0) is 0 Å². The zero-order chi connectivity index (χ0) is 25.3. The lowest BCUT2D eigenvalue weighted by Crippen LogP contribution is -2.64. The molecule has 0 aromatic carbocycles. The van der Waals surface area contributed by atoms with Gasteiger partial charge in [0.2, 0.25) is 0 Å². The Morgan fingerprint density at radius 2 is 0.355 bits per heavy atom. The van der Waals surface area contributed by atoms with Crippen LogP contribution in [0.2, 0.25) is 49.9 Å². The largest absolute Gasteiger partial charge is 0.136 e. The fourth-order valence-corrected chi connectivity index (χ4v) is 108. The van der Waals surface area contributed by atoms with Crippen molar-refractivity contribution in [2.24, 2.45) is 0 Å². The van der Waals surface area contributed by atoms with Crippen molar-refractivity contribution in [1.29, 1.82) is 0 Å². The highest BCUT2D eigenvalue weighted by atomic mass is 31.8. The van der Waals surface area contributed by atoms with Gasteiger partial charge in [-0.1, -0.05) is 125 Å². The van der Waals surface area contributed by atoms with Crippen molar-refractivity contribution in [1.82, 2.24) is 0 Å². The minimum atomic E-state index is -1.62. The Labute approximate surface area is 203 Å². The summed E-state index contributed by atoms with van der Waals surface area (Å²) in [5, 5.41) is 0. The maximum absolute atomic E-state index is 2.67. The molecule has 31 heavy (non-hydrogen) atoms. The van der Waals surface area contributed by atoms with Gasteiger partial charge in [-0.3, -0.25) is 0 Å². The highest BCUT2D eigenvalue weighted by molar-refractivity contribution is 8.38. The molecule has 0 unspecified atom stereocenters. The summed E-state index contributed by atoms with van der Waals surface area (Å²) in [5.41, 5.74) is 7.92. The van der Waals surface area contributed by atoms with E-state index in [-0.39, 0.29) is 6.57 Å². The standard InChI is InChI=1S/C27H63PSi3/c1-19(2)29(20(3)4,21(5)6)28(30(22(7)8,23(9)10)24(11)12)31(25(13)14,26(15)16)27(17)18/h19-27H,1-18H3. The van der Waals surface area contributed by atoms with Crippen molar-refractivity contribution in [2.75, 3.05) is 0 Å². The van der Waals surface area contributed by atoms with Crippen molar-refractivity contribution in [3.05, 3.63) is 0 Å². The summed E-state index contributed by atoms with van der Waals surface area (Å²) in [6.45, 7) is 48.1. The van der Waals surface area contributed by atoms with Gasteiger partial charge in [-0.2, -0.15) is 0 Å². The average Bonchev–Trinajstić information content (AvgIpc) is 2.52. The molecule has 0 bridgehead atoms. The van der Waals surface area contributed by atoms with Gasteiger partial charge in [0, 0.05) is 0 Å². The summed E-state index contributed by atoms with van der Waals surface area (Å²) in [6.07, 6.45) is 0. The lowest BCUT2D eigenvalue weighted by Gasteiger charge is -2.69. The van der Waals surface area contributed by atoms with Crippen LogP contribution in [0.25, 0.3) is 0 Å². The molecule has 0 spiro atoms. The van der Waals surface area contributed by atoms with Gasteiger partial charge in [-0.15, -0.1) is 6.57 Å². The van der Waals surface area contributed by atoms with Crippen LogP contribution in [0.4, 0.5) is 0 Å². The van der Waals surface area contributed by atoms with Crippen molar-refractivity contribution >= 4 is 29.8 Å². The van der Waals surface area contributed by atoms with E-state index in [0.717, 1.165) is 49.9 Å². The summed E-state index contributed by atoms with van der Waals surface area (Å²) < 4.78 is 0. The Morgan fingerprint density at radius 1 is 0.258 bits per heavy atom. The lowest BCUT2D eigenvalue weighted by atomic mass is 10.5. The average molecular weight is 503 g/mol. The first-order chi connectivity index (χ1) is 13.9. The molecule has 0 aliphatic rings. The van der Waals surface area contributed by atoms with E-state index in [9.17, 15) is 0 Å². The SMILES string of the molecule is CC(C)[Si](C(C)C)(C(C)C)P([Si](C(C)C)(C(C)C)C(C)C)[Si](C(C)C)(C(C)C)C(C)C. The fraction of sp³-hybridized carbons (Fsp3) is 1.00. The maximum atomic E-state index is 2.67. The first-order valence-electron chi connectivity index (χ1n) is 13.7. The molecule has 0 saturated heterocycles. The van der Waals surface area contributed by atoms with Crippen LogP contribution in [0.15, 0.2) is 0 Å². The molecule has 0 rings (SSSR count). The van der Waals surface area contributed by atoms with Crippen LogP contribution in [0, 0.1) is 0 Å². The highest BCUT2D eigenvalue weighted by Gasteiger charge is 2.68. The van der Waals surface area contributed by atoms with Crippen LogP contribution in [-0.4, -0.2) is 23.2 Å². The molecule has 0 aromatic heterocycles. The van der Waals surface area contributed by atoms with Gasteiger partial charge < -0.3 is 0 Å². The fourth-order valence-electron chi connectivity index (χ4n) is 9.33. The van der Waals surface area contributed by atoms with Crippen molar-refractivity contribution in [3.63, 3.8) is 0 Å². The number of rotatable bonds is 12. The second-order valence-electron chi connectivity index (χ2n) is 13.4. The Morgan fingerprint density at radius 3 is 0.419 bits per heavy atom. The van der Waals surface area contributed by atoms with Crippen LogP contribution in [0.5, 0.6) is 0 Å². The van der Waals surface area contributed by atoms with Crippen molar-refractivity contribution in [2.45, 2.75) is 174 Å². The van der Waals surface area contributed by atoms with E-state index in [1.54, 1.807) is 0 Å². The predicted molar refractivity (Wildman–Crippen MR) is 160 cm³/mol. The smallest absolute Gasteiger partial charge is 0.0810 e. The van der Waals surface area contributed by atoms with Gasteiger partial charge >= 0.3 is 0 Å². The van der Waals surface area contributed by atoms with Gasteiger partial charge in [0.15, 0.2) is 0 Å². The second kappa shape index (κ2) is 11.7. The molecule has 0 N–H and O–H groups in total. The van der Waals surface area contributed by atoms with E-state index in [1.165, 1.54) is 0 Å². The van der Waals surface area contributed by atoms with E-state index in [1.807, 2.05) is 0 Å². The molecule has 0 aliphatic carbocycles. The van der Waals surface area contributed by atoms with E-state index in [0.29, 0.717) is 0 Å². The van der Waals surface area contributed by atoms with Crippen molar-refractivity contribution < 1.29 is 0 Å². The molecule has 0 nitrogen and oxygen atoms in total. The molecule has 0 fully saturated rings. The minimum absolute atomic E-state index is 0.0579. The van der Waals surface area contributed by atoms with Gasteiger partial charge in [0.25, 0.3) is 0 Å². The minimum Gasteiger partial charge on any atom is -0.136 e. The second-order valence-corrected chi connectivity index (χ2v) is 44.8. The van der Waals surface area contributed by atoms with Crippen LogP contribution in [0.3, 0.4) is 0 Å². The monoisotopic (exact) mass is 502 g/mol. The Kier molecular flexibility index (Phi) is 12.1. The van der Waals surface area contributed by atoms with Gasteiger partial charge in [-0.25, -0.2) is 0 Å². The van der Waals surface area contributed by atoms with E-state index >= 15 is 0 Å². The van der Waals surface area contributed by atoms with E-state index < -0.39 is 23.2 Å². The first-order valence-corrected chi connectivity index (χ1v) is 24.2. The van der Waals surface area contributed by atoms with Gasteiger partial charge in [-0.05, 0) is 49.9 Å². The molecule has 0 amide bonds. The van der Waals surface area contributed by atoms with Crippen LogP contribution in [0.1, 0.15) is 125 Å². The Balaban J connectivity index is 8.22. The molecule has 0 heterocycles. The Bertz CT molecular complexity index is 391. The molecular weight excluding hydrogens is 440 g/mol.